The van der Waals surface area contributed by atoms with E-state index >= 15 is 0 Å². The number of nitrogens with zero attached hydrogens (tertiary/aromatic N) is 3. The van der Waals surface area contributed by atoms with E-state index in [0.29, 0.717) is 30.2 Å². The van der Waals surface area contributed by atoms with Gasteiger partial charge in [0.2, 0.25) is 21.8 Å². The number of carbonyl (C=O) groups is 1. The molecule has 8 nitrogen and oxygen atoms in total. The number of anilines is 1. The van der Waals surface area contributed by atoms with Crippen LogP contribution in [-0.4, -0.2) is 41.9 Å². The molecule has 1 aliphatic heterocycles. The minimum atomic E-state index is -3.61. The minimum absolute atomic E-state index is 0.0494. The second-order valence-corrected chi connectivity index (χ2v) is 10.2. The van der Waals surface area contributed by atoms with Gasteiger partial charge in [-0.05, 0) is 49.6 Å². The summed E-state index contributed by atoms with van der Waals surface area (Å²) in [5.74, 6) is -0.175. The third kappa shape index (κ3) is 5.17. The van der Waals surface area contributed by atoms with E-state index in [-0.39, 0.29) is 35.8 Å². The largest absolute Gasteiger partial charge is 0.407 e. The molecule has 1 N–H and O–H groups in total. The standard InChI is InChI=1S/C22H23ClN4O4S/c1-15-2-4-16(5-3-15)14-20-25-26-22(31-20)24-21(28)17-10-12-27(13-11-17)32(29,30)19-8-6-18(23)7-9-19/h2-9,17H,10-14H2,1H3,(H,24,26,28). The minimum Gasteiger partial charge on any atom is -0.407 e. The normalized spacial score (nSPS) is 15.6. The van der Waals surface area contributed by atoms with Crippen LogP contribution in [0.5, 0.6) is 0 Å². The highest BCUT2D eigenvalue weighted by Gasteiger charge is 2.32. The smallest absolute Gasteiger partial charge is 0.322 e. The maximum Gasteiger partial charge on any atom is 0.322 e. The number of hydrogen-bond donors (Lipinski definition) is 1. The molecule has 10 heteroatoms. The van der Waals surface area contributed by atoms with Gasteiger partial charge in [0.15, 0.2) is 0 Å². The van der Waals surface area contributed by atoms with Crippen LogP contribution in [0.1, 0.15) is 29.9 Å². The van der Waals surface area contributed by atoms with Crippen LogP contribution < -0.4 is 5.32 Å². The van der Waals surface area contributed by atoms with Gasteiger partial charge in [-0.1, -0.05) is 46.5 Å². The average molecular weight is 475 g/mol. The van der Waals surface area contributed by atoms with E-state index in [0.717, 1.165) is 5.56 Å². The molecule has 168 valence electrons. The van der Waals surface area contributed by atoms with Crippen molar-refractivity contribution in [2.75, 3.05) is 18.4 Å². The van der Waals surface area contributed by atoms with Gasteiger partial charge in [-0.2, -0.15) is 4.31 Å². The molecule has 1 fully saturated rings. The van der Waals surface area contributed by atoms with Crippen molar-refractivity contribution in [3.05, 3.63) is 70.6 Å². The fourth-order valence-corrected chi connectivity index (χ4v) is 5.17. The first kappa shape index (κ1) is 22.4. The summed E-state index contributed by atoms with van der Waals surface area (Å²) in [5.41, 5.74) is 2.20. The summed E-state index contributed by atoms with van der Waals surface area (Å²) in [5, 5.41) is 11.0. The number of carbonyl (C=O) groups excluding carboxylic acids is 1. The maximum absolute atomic E-state index is 12.8. The van der Waals surface area contributed by atoms with Crippen molar-refractivity contribution in [2.24, 2.45) is 5.92 Å². The zero-order chi connectivity index (χ0) is 22.7. The van der Waals surface area contributed by atoms with Gasteiger partial charge in [0.25, 0.3) is 0 Å². The Morgan fingerprint density at radius 3 is 2.41 bits per heavy atom. The first-order valence-corrected chi connectivity index (χ1v) is 12.1. The molecule has 0 bridgehead atoms. The molecule has 1 saturated heterocycles. The SMILES string of the molecule is Cc1ccc(Cc2nnc(NC(=O)C3CCN(S(=O)(=O)c4ccc(Cl)cc4)CC3)o2)cc1. The number of nitrogens with one attached hydrogen (secondary N) is 1. The topological polar surface area (TPSA) is 105 Å². The summed E-state index contributed by atoms with van der Waals surface area (Å²) in [6.45, 7) is 2.53. The monoisotopic (exact) mass is 474 g/mol. The third-order valence-corrected chi connectivity index (χ3v) is 7.61. The maximum atomic E-state index is 12.8. The van der Waals surface area contributed by atoms with E-state index < -0.39 is 10.0 Å². The first-order valence-electron chi connectivity index (χ1n) is 10.3. The molecule has 0 radical (unpaired) electrons. The van der Waals surface area contributed by atoms with Crippen molar-refractivity contribution in [3.63, 3.8) is 0 Å². The summed E-state index contributed by atoms with van der Waals surface area (Å²) in [6, 6.07) is 14.1. The number of halogens is 1. The number of aromatic nitrogens is 2. The van der Waals surface area contributed by atoms with Gasteiger partial charge >= 0.3 is 6.01 Å². The Hall–Kier alpha value is -2.75. The highest BCUT2D eigenvalue weighted by Crippen LogP contribution is 2.25. The predicted molar refractivity (Wildman–Crippen MR) is 120 cm³/mol. The Morgan fingerprint density at radius 2 is 1.75 bits per heavy atom. The number of amides is 1. The summed E-state index contributed by atoms with van der Waals surface area (Å²) in [4.78, 5) is 12.8. The fraction of sp³-hybridized carbons (Fsp3) is 0.318. The number of rotatable bonds is 6. The number of hydrogen-bond acceptors (Lipinski definition) is 6. The summed E-state index contributed by atoms with van der Waals surface area (Å²) < 4.78 is 32.5. The molecular formula is C22H23ClN4O4S. The summed E-state index contributed by atoms with van der Waals surface area (Å²) in [6.07, 6.45) is 1.29. The van der Waals surface area contributed by atoms with Gasteiger partial charge in [0.05, 0.1) is 11.3 Å². The lowest BCUT2D eigenvalue weighted by Gasteiger charge is -2.30. The second-order valence-electron chi connectivity index (χ2n) is 7.78. The van der Waals surface area contributed by atoms with Crippen molar-refractivity contribution in [2.45, 2.75) is 31.1 Å². The summed E-state index contributed by atoms with van der Waals surface area (Å²) in [7, 11) is -3.61. The Bertz CT molecular complexity index is 1190. The van der Waals surface area contributed by atoms with E-state index in [2.05, 4.69) is 15.5 Å². The highest BCUT2D eigenvalue weighted by atomic mass is 35.5. The van der Waals surface area contributed by atoms with Crippen LogP contribution >= 0.6 is 11.6 Å². The molecule has 1 aromatic heterocycles. The molecule has 0 unspecified atom stereocenters. The van der Waals surface area contributed by atoms with Gasteiger partial charge in [-0.3, -0.25) is 10.1 Å². The van der Waals surface area contributed by atoms with Crippen molar-refractivity contribution in [3.8, 4) is 0 Å². The predicted octanol–water partition coefficient (Wildman–Crippen LogP) is 3.66. The lowest BCUT2D eigenvalue weighted by molar-refractivity contribution is -0.121. The van der Waals surface area contributed by atoms with Gasteiger partial charge in [0, 0.05) is 24.0 Å². The molecule has 0 atom stereocenters. The highest BCUT2D eigenvalue weighted by molar-refractivity contribution is 7.89. The average Bonchev–Trinajstić information content (AvgIpc) is 3.22. The quantitative estimate of drug-likeness (QED) is 0.584. The molecule has 2 heterocycles. The number of benzene rings is 2. The third-order valence-electron chi connectivity index (χ3n) is 5.45. The lowest BCUT2D eigenvalue weighted by atomic mass is 9.97. The molecule has 32 heavy (non-hydrogen) atoms. The van der Waals surface area contributed by atoms with E-state index in [1.54, 1.807) is 12.1 Å². The Labute approximate surface area is 191 Å². The van der Waals surface area contributed by atoms with E-state index in [4.69, 9.17) is 16.0 Å². The van der Waals surface area contributed by atoms with Gasteiger partial charge in [0.1, 0.15) is 0 Å². The van der Waals surface area contributed by atoms with E-state index in [1.807, 2.05) is 31.2 Å². The Morgan fingerprint density at radius 1 is 1.09 bits per heavy atom. The van der Waals surface area contributed by atoms with Crippen molar-refractivity contribution < 1.29 is 17.6 Å². The van der Waals surface area contributed by atoms with Crippen LogP contribution in [0.3, 0.4) is 0 Å². The van der Waals surface area contributed by atoms with Gasteiger partial charge in [-0.15, -0.1) is 5.10 Å². The first-order chi connectivity index (χ1) is 15.3. The van der Waals surface area contributed by atoms with Crippen LogP contribution in [-0.2, 0) is 21.2 Å². The van der Waals surface area contributed by atoms with Gasteiger partial charge < -0.3 is 4.42 Å². The fourth-order valence-electron chi connectivity index (χ4n) is 3.58. The molecule has 0 aliphatic carbocycles. The van der Waals surface area contributed by atoms with E-state index in [1.165, 1.54) is 22.0 Å². The molecule has 0 saturated carbocycles. The Kier molecular flexibility index (Phi) is 6.59. The van der Waals surface area contributed by atoms with Crippen LogP contribution in [0.4, 0.5) is 6.01 Å². The molecular weight excluding hydrogens is 452 g/mol. The molecule has 1 aliphatic rings. The van der Waals surface area contributed by atoms with Crippen molar-refractivity contribution in [1.29, 1.82) is 0 Å². The van der Waals surface area contributed by atoms with Crippen molar-refractivity contribution in [1.82, 2.24) is 14.5 Å². The zero-order valence-electron chi connectivity index (χ0n) is 17.5. The second kappa shape index (κ2) is 9.40. The van der Waals surface area contributed by atoms with E-state index in [9.17, 15) is 13.2 Å². The molecule has 3 aromatic rings. The zero-order valence-corrected chi connectivity index (χ0v) is 19.1. The summed E-state index contributed by atoms with van der Waals surface area (Å²) >= 11 is 5.85. The van der Waals surface area contributed by atoms with Crippen LogP contribution in [0, 0.1) is 12.8 Å². The number of sulfonamides is 1. The van der Waals surface area contributed by atoms with Crippen molar-refractivity contribution >= 4 is 33.5 Å². The molecule has 1 amide bonds. The molecule has 4 rings (SSSR count). The molecule has 2 aromatic carbocycles. The lowest BCUT2D eigenvalue weighted by Crippen LogP contribution is -2.41. The van der Waals surface area contributed by atoms with Crippen LogP contribution in [0.2, 0.25) is 5.02 Å². The number of piperidine rings is 1. The van der Waals surface area contributed by atoms with Crippen LogP contribution in [0.15, 0.2) is 57.8 Å². The van der Waals surface area contributed by atoms with Gasteiger partial charge in [-0.25, -0.2) is 8.42 Å². The molecule has 0 spiro atoms. The van der Waals surface area contributed by atoms with Crippen LogP contribution in [0.25, 0.3) is 0 Å². The number of aryl methyl sites for hydroxylation is 1. The Balaban J connectivity index is 1.31.